The third-order valence-corrected chi connectivity index (χ3v) is 5.31. The average molecular weight is 394 g/mol. The molecule has 0 unspecified atom stereocenters. The van der Waals surface area contributed by atoms with Crippen molar-refractivity contribution in [3.8, 4) is 0 Å². The fourth-order valence-electron chi connectivity index (χ4n) is 2.93. The molecule has 2 aliphatic heterocycles. The molecular weight excluding hydrogens is 374 g/mol. The minimum Gasteiger partial charge on any atom is -0.448 e. The molecule has 0 bridgehead atoms. The van der Waals surface area contributed by atoms with Gasteiger partial charge in [-0.3, -0.25) is 4.90 Å². The second-order valence-electron chi connectivity index (χ2n) is 5.80. The van der Waals surface area contributed by atoms with E-state index in [0.717, 1.165) is 41.8 Å². The van der Waals surface area contributed by atoms with E-state index in [-0.39, 0.29) is 18.5 Å². The van der Waals surface area contributed by atoms with Crippen LogP contribution in [0.15, 0.2) is 52.4 Å². The number of nitrogens with zero attached hydrogens (tertiary/aromatic N) is 3. The van der Waals surface area contributed by atoms with Crippen LogP contribution < -0.4 is 4.90 Å². The van der Waals surface area contributed by atoms with Gasteiger partial charge in [-0.1, -0.05) is 23.9 Å². The Morgan fingerprint density at radius 1 is 1.15 bits per heavy atom. The Morgan fingerprint density at radius 3 is 2.77 bits per heavy atom. The van der Waals surface area contributed by atoms with Gasteiger partial charge in [-0.25, -0.2) is 14.7 Å². The maximum absolute atomic E-state index is 12.8. The van der Waals surface area contributed by atoms with Gasteiger partial charge in [-0.15, -0.1) is 12.4 Å². The summed E-state index contributed by atoms with van der Waals surface area (Å²) in [5.41, 5.74) is 0.815. The molecule has 1 aromatic heterocycles. The lowest BCUT2D eigenvalue weighted by Crippen LogP contribution is -2.39. The Morgan fingerprint density at radius 2 is 1.92 bits per heavy atom. The minimum atomic E-state index is -0.388. The Balaban J connectivity index is 0.00000196. The van der Waals surface area contributed by atoms with E-state index in [1.54, 1.807) is 22.9 Å². The molecule has 4 rings (SSSR count). The van der Waals surface area contributed by atoms with E-state index in [9.17, 15) is 4.79 Å². The third-order valence-electron chi connectivity index (χ3n) is 4.21. The Kier molecular flexibility index (Phi) is 6.37. The van der Waals surface area contributed by atoms with Crippen LogP contribution in [0.25, 0.3) is 0 Å². The number of carbonyl (C=O) groups is 1. The van der Waals surface area contributed by atoms with Gasteiger partial charge in [0.05, 0.1) is 23.8 Å². The Bertz CT molecular complexity index is 725. The monoisotopic (exact) mass is 393 g/mol. The second kappa shape index (κ2) is 8.73. The highest BCUT2D eigenvalue weighted by molar-refractivity contribution is 7.99. The van der Waals surface area contributed by atoms with Gasteiger partial charge >= 0.3 is 6.09 Å². The number of halogens is 1. The number of morpholine rings is 1. The first-order chi connectivity index (χ1) is 12.3. The fraction of sp³-hybridized carbons (Fsp3) is 0.333. The van der Waals surface area contributed by atoms with E-state index >= 15 is 0 Å². The molecule has 138 valence electrons. The number of anilines is 2. The van der Waals surface area contributed by atoms with Crippen molar-refractivity contribution in [1.82, 2.24) is 9.88 Å². The molecule has 1 amide bonds. The van der Waals surface area contributed by atoms with E-state index in [2.05, 4.69) is 9.88 Å². The van der Waals surface area contributed by atoms with Crippen LogP contribution >= 0.6 is 24.2 Å². The van der Waals surface area contributed by atoms with Crippen LogP contribution in [-0.4, -0.2) is 55.4 Å². The van der Waals surface area contributed by atoms with Crippen molar-refractivity contribution in [3.63, 3.8) is 0 Å². The molecule has 3 heterocycles. The van der Waals surface area contributed by atoms with E-state index in [1.165, 1.54) is 0 Å². The van der Waals surface area contributed by atoms with Gasteiger partial charge in [0.1, 0.15) is 6.61 Å². The summed E-state index contributed by atoms with van der Waals surface area (Å²) in [5.74, 6) is 0.627. The molecule has 1 aromatic carbocycles. The van der Waals surface area contributed by atoms with E-state index < -0.39 is 0 Å². The molecule has 8 heteroatoms. The van der Waals surface area contributed by atoms with E-state index in [4.69, 9.17) is 9.47 Å². The molecule has 2 aromatic rings. The van der Waals surface area contributed by atoms with Crippen molar-refractivity contribution in [3.05, 3.63) is 42.6 Å². The first kappa shape index (κ1) is 19.0. The first-order valence-electron chi connectivity index (χ1n) is 8.32. The van der Waals surface area contributed by atoms with Gasteiger partial charge in [0, 0.05) is 30.7 Å². The van der Waals surface area contributed by atoms with Gasteiger partial charge in [0.2, 0.25) is 0 Å². The molecule has 0 saturated carbocycles. The van der Waals surface area contributed by atoms with Crippen molar-refractivity contribution in [1.29, 1.82) is 0 Å². The van der Waals surface area contributed by atoms with Crippen LogP contribution in [0, 0.1) is 0 Å². The highest BCUT2D eigenvalue weighted by Crippen LogP contribution is 2.46. The molecule has 1 saturated heterocycles. The van der Waals surface area contributed by atoms with Gasteiger partial charge < -0.3 is 9.47 Å². The lowest BCUT2D eigenvalue weighted by atomic mass is 10.2. The number of aromatic nitrogens is 1. The maximum Gasteiger partial charge on any atom is 0.420 e. The summed E-state index contributed by atoms with van der Waals surface area (Å²) in [6, 6.07) is 11.7. The number of rotatable bonds is 3. The van der Waals surface area contributed by atoms with Crippen molar-refractivity contribution >= 4 is 41.8 Å². The summed E-state index contributed by atoms with van der Waals surface area (Å²) in [6.07, 6.45) is 1.31. The molecular formula is C18H20ClN3O3S. The Labute approximate surface area is 162 Å². The summed E-state index contributed by atoms with van der Waals surface area (Å²) in [4.78, 5) is 23.0. The fourth-order valence-corrected chi connectivity index (χ4v) is 3.96. The summed E-state index contributed by atoms with van der Waals surface area (Å²) >= 11 is 1.62. The normalized spacial score (nSPS) is 16.2. The van der Waals surface area contributed by atoms with Gasteiger partial charge in [-0.2, -0.15) is 0 Å². The standard InChI is InChI=1S/C18H19N3O3S.ClH/c22-18(24-13-10-20-8-11-23-12-9-20)21-14-4-1-2-5-15(14)25-16-6-3-7-19-17(16)21;/h1-7H,8-13H2;1H. The number of para-hydroxylation sites is 1. The highest BCUT2D eigenvalue weighted by Gasteiger charge is 2.30. The SMILES string of the molecule is Cl.O=C(OCCN1CCOCC1)N1c2ccccc2Sc2cccnc21. The van der Waals surface area contributed by atoms with Crippen molar-refractivity contribution in [2.45, 2.75) is 9.79 Å². The predicted molar refractivity (Wildman–Crippen MR) is 103 cm³/mol. The number of fused-ring (bicyclic) bond motifs is 2. The number of pyridine rings is 1. The molecule has 6 nitrogen and oxygen atoms in total. The largest absolute Gasteiger partial charge is 0.448 e. The molecule has 0 radical (unpaired) electrons. The topological polar surface area (TPSA) is 54.9 Å². The third kappa shape index (κ3) is 3.96. The second-order valence-corrected chi connectivity index (χ2v) is 6.88. The van der Waals surface area contributed by atoms with Crippen LogP contribution in [0.4, 0.5) is 16.3 Å². The zero-order valence-electron chi connectivity index (χ0n) is 14.2. The molecule has 2 aliphatic rings. The number of hydrogen-bond donors (Lipinski definition) is 0. The molecule has 0 aliphatic carbocycles. The lowest BCUT2D eigenvalue weighted by Gasteiger charge is -2.30. The number of amides is 1. The summed E-state index contributed by atoms with van der Waals surface area (Å²) in [5, 5.41) is 0. The van der Waals surface area contributed by atoms with Crippen LogP contribution in [0.2, 0.25) is 0 Å². The zero-order chi connectivity index (χ0) is 17.1. The van der Waals surface area contributed by atoms with E-state index in [1.807, 2.05) is 36.4 Å². The smallest absolute Gasteiger partial charge is 0.420 e. The van der Waals surface area contributed by atoms with E-state index in [0.29, 0.717) is 19.0 Å². The molecule has 26 heavy (non-hydrogen) atoms. The van der Waals surface area contributed by atoms with Crippen molar-refractivity contribution in [2.24, 2.45) is 0 Å². The molecule has 0 N–H and O–H groups in total. The quantitative estimate of drug-likeness (QED) is 0.794. The molecule has 0 atom stereocenters. The average Bonchev–Trinajstić information content (AvgIpc) is 2.66. The molecule has 0 spiro atoms. The van der Waals surface area contributed by atoms with Crippen molar-refractivity contribution in [2.75, 3.05) is 44.4 Å². The number of carbonyl (C=O) groups excluding carboxylic acids is 1. The minimum absolute atomic E-state index is 0. The van der Waals surface area contributed by atoms with Gasteiger partial charge in [0.15, 0.2) is 5.82 Å². The predicted octanol–water partition coefficient (Wildman–Crippen LogP) is 3.57. The van der Waals surface area contributed by atoms with Crippen LogP contribution in [0.3, 0.4) is 0 Å². The summed E-state index contributed by atoms with van der Waals surface area (Å²) < 4.78 is 10.9. The first-order valence-corrected chi connectivity index (χ1v) is 9.13. The summed E-state index contributed by atoms with van der Waals surface area (Å²) in [7, 11) is 0. The highest BCUT2D eigenvalue weighted by atomic mass is 35.5. The molecule has 1 fully saturated rings. The van der Waals surface area contributed by atoms with Gasteiger partial charge in [0.25, 0.3) is 0 Å². The van der Waals surface area contributed by atoms with Crippen molar-refractivity contribution < 1.29 is 14.3 Å². The van der Waals surface area contributed by atoms with Gasteiger partial charge in [-0.05, 0) is 24.3 Å². The number of ether oxygens (including phenoxy) is 2. The maximum atomic E-state index is 12.8. The Hall–Kier alpha value is -1.80. The van der Waals surface area contributed by atoms with Crippen LogP contribution in [-0.2, 0) is 9.47 Å². The van der Waals surface area contributed by atoms with Crippen LogP contribution in [0.1, 0.15) is 0 Å². The zero-order valence-corrected chi connectivity index (χ0v) is 15.8. The van der Waals surface area contributed by atoms with Crippen LogP contribution in [0.5, 0.6) is 0 Å². The number of benzene rings is 1. The number of hydrogen-bond acceptors (Lipinski definition) is 6. The lowest BCUT2D eigenvalue weighted by molar-refractivity contribution is 0.0287. The summed E-state index contributed by atoms with van der Waals surface area (Å²) in [6.45, 7) is 4.31.